The number of carbonyl (C=O) groups excluding carboxylic acids is 1. The molecule has 0 unspecified atom stereocenters. The van der Waals surface area contributed by atoms with Crippen molar-refractivity contribution >= 4 is 29.0 Å². The summed E-state index contributed by atoms with van der Waals surface area (Å²) in [4.78, 5) is 29.9. The van der Waals surface area contributed by atoms with Crippen LogP contribution >= 0.6 is 0 Å². The molecule has 4 fully saturated rings. The van der Waals surface area contributed by atoms with Gasteiger partial charge in [-0.15, -0.1) is 0 Å². The number of nitrogens with zero attached hydrogens (tertiary/aromatic N) is 5. The molecule has 3 heterocycles. The van der Waals surface area contributed by atoms with E-state index in [0.29, 0.717) is 54.9 Å². The number of fused-ring (bicyclic) bond motifs is 1. The summed E-state index contributed by atoms with van der Waals surface area (Å²) in [6.45, 7) is 8.16. The number of anilines is 2. The van der Waals surface area contributed by atoms with Gasteiger partial charge in [-0.1, -0.05) is 40.0 Å². The molecule has 4 aliphatic rings. The Morgan fingerprint density at radius 1 is 0.952 bits per heavy atom. The Kier molecular flexibility index (Phi) is 9.07. The van der Waals surface area contributed by atoms with Crippen LogP contribution in [0, 0.1) is 17.8 Å². The zero-order valence-corrected chi connectivity index (χ0v) is 25.9. The van der Waals surface area contributed by atoms with Gasteiger partial charge in [0.15, 0.2) is 17.0 Å². The van der Waals surface area contributed by atoms with E-state index in [4.69, 9.17) is 25.4 Å². The summed E-state index contributed by atoms with van der Waals surface area (Å²) in [5, 5.41) is 7.34. The van der Waals surface area contributed by atoms with Gasteiger partial charge in [0.05, 0.1) is 6.33 Å². The zero-order chi connectivity index (χ0) is 29.2. The smallest absolute Gasteiger partial charge is 0.410 e. The van der Waals surface area contributed by atoms with Gasteiger partial charge in [0.1, 0.15) is 6.10 Å². The number of aromatic nitrogens is 4. The summed E-state index contributed by atoms with van der Waals surface area (Å²) in [7, 11) is 0. The molecular formula is C32H52N8O2. The molecule has 0 aromatic carbocycles. The third-order valence-electron chi connectivity index (χ3n) is 10.6. The Balaban J connectivity index is 1.12. The van der Waals surface area contributed by atoms with E-state index in [2.05, 4.69) is 36.0 Å². The summed E-state index contributed by atoms with van der Waals surface area (Å²) in [6, 6.07) is 1.31. The van der Waals surface area contributed by atoms with Crippen LogP contribution in [0.2, 0.25) is 0 Å². The van der Waals surface area contributed by atoms with Gasteiger partial charge in [0.2, 0.25) is 5.95 Å². The number of ether oxygens (including phenoxy) is 1. The lowest BCUT2D eigenvalue weighted by Gasteiger charge is -2.39. The maximum Gasteiger partial charge on any atom is 0.410 e. The van der Waals surface area contributed by atoms with Crippen molar-refractivity contribution in [2.75, 3.05) is 23.7 Å². The first-order valence-electron chi connectivity index (χ1n) is 16.8. The van der Waals surface area contributed by atoms with E-state index in [0.717, 1.165) is 68.3 Å². The molecule has 1 aliphatic heterocycles. The van der Waals surface area contributed by atoms with E-state index in [9.17, 15) is 4.79 Å². The molecule has 3 atom stereocenters. The van der Waals surface area contributed by atoms with E-state index < -0.39 is 0 Å². The molecule has 232 valence electrons. The Labute approximate surface area is 250 Å². The van der Waals surface area contributed by atoms with Crippen molar-refractivity contribution in [3.63, 3.8) is 0 Å². The Morgan fingerprint density at radius 2 is 1.67 bits per heavy atom. The Bertz CT molecular complexity index is 1190. The number of nitrogens with one attached hydrogen (secondary N) is 2. The fraction of sp³-hybridized carbons (Fsp3) is 0.812. The van der Waals surface area contributed by atoms with Crippen molar-refractivity contribution in [1.82, 2.24) is 24.4 Å². The van der Waals surface area contributed by atoms with Crippen LogP contribution in [0.3, 0.4) is 0 Å². The van der Waals surface area contributed by atoms with Crippen LogP contribution in [0.1, 0.15) is 110 Å². The zero-order valence-electron chi connectivity index (χ0n) is 25.9. The average Bonchev–Trinajstić information content (AvgIpc) is 3.65. The summed E-state index contributed by atoms with van der Waals surface area (Å²) in [5.74, 6) is 3.07. The van der Waals surface area contributed by atoms with Crippen LogP contribution in [-0.2, 0) is 4.74 Å². The maximum absolute atomic E-state index is 13.2. The summed E-state index contributed by atoms with van der Waals surface area (Å²) >= 11 is 0. The van der Waals surface area contributed by atoms with Crippen molar-refractivity contribution in [2.24, 2.45) is 23.5 Å². The molecule has 6 rings (SSSR count). The van der Waals surface area contributed by atoms with Gasteiger partial charge in [-0.05, 0) is 82.0 Å². The Hall–Kier alpha value is -2.62. The minimum absolute atomic E-state index is 0.0344. The lowest BCUT2D eigenvalue weighted by molar-refractivity contribution is -0.0124. The Morgan fingerprint density at radius 3 is 2.38 bits per heavy atom. The molecular weight excluding hydrogens is 528 g/mol. The number of hydrogen-bond donors (Lipinski definition) is 3. The van der Waals surface area contributed by atoms with E-state index in [1.807, 2.05) is 11.2 Å². The van der Waals surface area contributed by atoms with Gasteiger partial charge in [0.25, 0.3) is 0 Å². The highest BCUT2D eigenvalue weighted by atomic mass is 16.6. The second-order valence-electron chi connectivity index (χ2n) is 14.1. The van der Waals surface area contributed by atoms with Gasteiger partial charge in [-0.3, -0.25) is 0 Å². The SMILES string of the molecule is CC(C)[C@@H]1CC[C@@H](C)C[C@H]1OC(=O)N1CCC(Nc2nc(NC3CCC(N)CC3)nc3c2ncn3C2CCCC2)CC1. The normalized spacial score (nSPS) is 29.7. The number of hydrogen-bond acceptors (Lipinski definition) is 8. The predicted octanol–water partition coefficient (Wildman–Crippen LogP) is 6.10. The second-order valence-corrected chi connectivity index (χ2v) is 14.1. The fourth-order valence-electron chi connectivity index (χ4n) is 7.83. The first-order chi connectivity index (χ1) is 20.3. The number of likely N-dealkylation sites (tertiary alicyclic amines) is 1. The molecule has 0 radical (unpaired) electrons. The van der Waals surface area contributed by atoms with Crippen LogP contribution < -0.4 is 16.4 Å². The van der Waals surface area contributed by atoms with Gasteiger partial charge < -0.3 is 30.6 Å². The van der Waals surface area contributed by atoms with Crippen molar-refractivity contribution in [3.8, 4) is 0 Å². The van der Waals surface area contributed by atoms with Gasteiger partial charge in [-0.25, -0.2) is 9.78 Å². The highest BCUT2D eigenvalue weighted by molar-refractivity contribution is 5.84. The number of piperidine rings is 1. The van der Waals surface area contributed by atoms with Crippen LogP contribution in [0.5, 0.6) is 0 Å². The molecule has 10 heteroatoms. The second kappa shape index (κ2) is 12.9. The van der Waals surface area contributed by atoms with E-state index >= 15 is 0 Å². The van der Waals surface area contributed by atoms with Gasteiger partial charge in [-0.2, -0.15) is 9.97 Å². The van der Waals surface area contributed by atoms with Crippen molar-refractivity contribution in [1.29, 1.82) is 0 Å². The quantitative estimate of drug-likeness (QED) is 0.359. The molecule has 42 heavy (non-hydrogen) atoms. The first kappa shape index (κ1) is 29.5. The van der Waals surface area contributed by atoms with Crippen LogP contribution in [0.25, 0.3) is 11.2 Å². The van der Waals surface area contributed by atoms with Crippen LogP contribution in [0.15, 0.2) is 6.33 Å². The highest BCUT2D eigenvalue weighted by Gasteiger charge is 2.35. The topological polar surface area (TPSA) is 123 Å². The van der Waals surface area contributed by atoms with Gasteiger partial charge >= 0.3 is 6.09 Å². The molecule has 10 nitrogen and oxygen atoms in total. The molecule has 0 bridgehead atoms. The van der Waals surface area contributed by atoms with Crippen LogP contribution in [0.4, 0.5) is 16.6 Å². The first-order valence-corrected chi connectivity index (χ1v) is 16.8. The summed E-state index contributed by atoms with van der Waals surface area (Å²) < 4.78 is 8.42. The monoisotopic (exact) mass is 580 g/mol. The fourth-order valence-corrected chi connectivity index (χ4v) is 7.83. The van der Waals surface area contributed by atoms with E-state index in [1.165, 1.54) is 32.1 Å². The predicted molar refractivity (Wildman–Crippen MR) is 167 cm³/mol. The molecule has 0 spiro atoms. The van der Waals surface area contributed by atoms with Crippen molar-refractivity contribution in [3.05, 3.63) is 6.33 Å². The number of rotatable bonds is 7. The largest absolute Gasteiger partial charge is 0.446 e. The highest BCUT2D eigenvalue weighted by Crippen LogP contribution is 2.36. The summed E-state index contributed by atoms with van der Waals surface area (Å²) in [5.41, 5.74) is 7.91. The number of carbonyl (C=O) groups is 1. The minimum Gasteiger partial charge on any atom is -0.446 e. The molecule has 2 aromatic rings. The molecule has 4 N–H and O–H groups in total. The van der Waals surface area contributed by atoms with E-state index in [1.54, 1.807) is 0 Å². The third-order valence-corrected chi connectivity index (χ3v) is 10.6. The van der Waals surface area contributed by atoms with Crippen molar-refractivity contribution < 1.29 is 9.53 Å². The minimum atomic E-state index is -0.142. The molecule has 3 saturated carbocycles. The van der Waals surface area contributed by atoms with Crippen LogP contribution in [-0.4, -0.2) is 67.8 Å². The molecule has 1 saturated heterocycles. The molecule has 1 amide bonds. The molecule has 3 aliphatic carbocycles. The number of amides is 1. The lowest BCUT2D eigenvalue weighted by Crippen LogP contribution is -2.45. The number of nitrogens with two attached hydrogens (primary N) is 1. The number of imidazole rings is 1. The van der Waals surface area contributed by atoms with Gasteiger partial charge in [0, 0.05) is 37.3 Å². The van der Waals surface area contributed by atoms with E-state index in [-0.39, 0.29) is 18.2 Å². The standard InChI is InChI=1S/C32H52N8O2/c1-20(2)26-13-8-21(3)18-27(26)42-32(41)39-16-14-24(15-17-39)35-29-28-30(40(19-34-28)25-6-4-5-7-25)38-31(37-29)36-23-11-9-22(33)10-12-23/h19-27H,4-18,33H2,1-3H3,(H2,35,36,37,38)/t21-,22?,23?,26+,27-/m1/s1. The average molecular weight is 581 g/mol. The molecule has 2 aromatic heterocycles. The maximum atomic E-state index is 13.2. The third kappa shape index (κ3) is 6.63. The van der Waals surface area contributed by atoms with Crippen molar-refractivity contribution in [2.45, 2.75) is 135 Å². The summed E-state index contributed by atoms with van der Waals surface area (Å²) in [6.07, 6.45) is 15.9. The lowest BCUT2D eigenvalue weighted by atomic mass is 9.75.